The number of hydrogen-bond donors (Lipinski definition) is 2. The molecule has 2 rings (SSSR count). The first-order valence-electron chi connectivity index (χ1n) is 6.21. The molecule has 0 spiro atoms. The van der Waals surface area contributed by atoms with Crippen molar-refractivity contribution in [1.82, 2.24) is 0 Å². The Kier molecular flexibility index (Phi) is 4.17. The topological polar surface area (TPSA) is 38.0 Å². The third kappa shape index (κ3) is 3.23. The van der Waals surface area contributed by atoms with E-state index in [2.05, 4.69) is 5.32 Å². The molecule has 106 valence electrons. The van der Waals surface area contributed by atoms with Gasteiger partial charge in [0.15, 0.2) is 11.6 Å². The van der Waals surface area contributed by atoms with Crippen LogP contribution in [0.15, 0.2) is 30.3 Å². The maximum atomic E-state index is 13.5. The second kappa shape index (κ2) is 5.86. The van der Waals surface area contributed by atoms with E-state index in [9.17, 15) is 13.2 Å². The fourth-order valence-corrected chi connectivity index (χ4v) is 2.02. The Morgan fingerprint density at radius 3 is 2.30 bits per heavy atom. The first kappa shape index (κ1) is 14.2. The summed E-state index contributed by atoms with van der Waals surface area (Å²) >= 11 is 0. The Hall–Kier alpha value is -2.17. The van der Waals surface area contributed by atoms with Crippen LogP contribution in [-0.4, -0.2) is 6.54 Å². The molecule has 0 aliphatic carbocycles. The number of aryl methyl sites for hydroxylation is 1. The van der Waals surface area contributed by atoms with Gasteiger partial charge in [0.25, 0.3) is 0 Å². The van der Waals surface area contributed by atoms with Gasteiger partial charge in [0.1, 0.15) is 11.5 Å². The van der Waals surface area contributed by atoms with Gasteiger partial charge in [0.2, 0.25) is 0 Å². The highest BCUT2D eigenvalue weighted by Crippen LogP contribution is 2.22. The SMILES string of the molecule is Cc1cc(F)ccc1CCNc1c(F)cc(N)cc1F. The van der Waals surface area contributed by atoms with E-state index >= 15 is 0 Å². The van der Waals surface area contributed by atoms with Gasteiger partial charge >= 0.3 is 0 Å². The van der Waals surface area contributed by atoms with Crippen LogP contribution in [0.25, 0.3) is 0 Å². The summed E-state index contributed by atoms with van der Waals surface area (Å²) in [7, 11) is 0. The van der Waals surface area contributed by atoms with E-state index in [-0.39, 0.29) is 17.2 Å². The van der Waals surface area contributed by atoms with Crippen molar-refractivity contribution in [3.05, 3.63) is 58.9 Å². The summed E-state index contributed by atoms with van der Waals surface area (Å²) < 4.78 is 40.0. The average molecular weight is 280 g/mol. The Labute approximate surface area is 115 Å². The van der Waals surface area contributed by atoms with Gasteiger partial charge in [-0.3, -0.25) is 0 Å². The number of rotatable bonds is 4. The molecule has 0 saturated heterocycles. The second-order valence-corrected chi connectivity index (χ2v) is 4.61. The largest absolute Gasteiger partial charge is 0.399 e. The molecule has 0 radical (unpaired) electrons. The summed E-state index contributed by atoms with van der Waals surface area (Å²) in [5, 5.41) is 2.70. The first-order valence-corrected chi connectivity index (χ1v) is 6.21. The van der Waals surface area contributed by atoms with E-state index in [4.69, 9.17) is 5.73 Å². The predicted octanol–water partition coefficient (Wildman–Crippen LogP) is 3.65. The highest BCUT2D eigenvalue weighted by atomic mass is 19.1. The van der Waals surface area contributed by atoms with Crippen molar-refractivity contribution >= 4 is 11.4 Å². The molecule has 0 fully saturated rings. The highest BCUT2D eigenvalue weighted by Gasteiger charge is 2.10. The fraction of sp³-hybridized carbons (Fsp3) is 0.200. The van der Waals surface area contributed by atoms with Gasteiger partial charge < -0.3 is 11.1 Å². The van der Waals surface area contributed by atoms with Gasteiger partial charge in [-0.1, -0.05) is 6.07 Å². The van der Waals surface area contributed by atoms with Crippen LogP contribution in [0.5, 0.6) is 0 Å². The van der Waals surface area contributed by atoms with Gasteiger partial charge in [-0.05, 0) is 48.7 Å². The van der Waals surface area contributed by atoms with Crippen LogP contribution in [0.1, 0.15) is 11.1 Å². The van der Waals surface area contributed by atoms with E-state index in [0.717, 1.165) is 23.3 Å². The zero-order valence-corrected chi connectivity index (χ0v) is 11.0. The lowest BCUT2D eigenvalue weighted by molar-refractivity contribution is 0.589. The Balaban J connectivity index is 2.03. The molecular weight excluding hydrogens is 265 g/mol. The highest BCUT2D eigenvalue weighted by molar-refractivity contribution is 5.54. The summed E-state index contributed by atoms with van der Waals surface area (Å²) in [6.45, 7) is 2.13. The van der Waals surface area contributed by atoms with Gasteiger partial charge in [0, 0.05) is 12.2 Å². The molecule has 0 amide bonds. The van der Waals surface area contributed by atoms with Crippen LogP contribution in [0.2, 0.25) is 0 Å². The van der Waals surface area contributed by atoms with Crippen molar-refractivity contribution in [2.75, 3.05) is 17.6 Å². The molecule has 0 atom stereocenters. The number of nitrogen functional groups attached to an aromatic ring is 1. The molecule has 2 nitrogen and oxygen atoms in total. The van der Waals surface area contributed by atoms with Crippen molar-refractivity contribution in [2.24, 2.45) is 0 Å². The lowest BCUT2D eigenvalue weighted by atomic mass is 10.1. The molecule has 0 aliphatic heterocycles. The normalized spacial score (nSPS) is 10.6. The molecule has 0 aliphatic rings. The fourth-order valence-electron chi connectivity index (χ4n) is 2.02. The third-order valence-corrected chi connectivity index (χ3v) is 3.07. The molecule has 0 aromatic heterocycles. The van der Waals surface area contributed by atoms with Crippen LogP contribution in [0, 0.1) is 24.4 Å². The van der Waals surface area contributed by atoms with Crippen LogP contribution in [0.3, 0.4) is 0 Å². The molecule has 2 aromatic rings. The summed E-state index contributed by atoms with van der Waals surface area (Å²) in [6, 6.07) is 6.59. The summed E-state index contributed by atoms with van der Waals surface area (Å²) in [5.74, 6) is -1.74. The smallest absolute Gasteiger partial charge is 0.151 e. The van der Waals surface area contributed by atoms with Crippen LogP contribution in [-0.2, 0) is 6.42 Å². The number of halogens is 3. The molecule has 5 heteroatoms. The van der Waals surface area contributed by atoms with E-state index < -0.39 is 11.6 Å². The Morgan fingerprint density at radius 2 is 1.70 bits per heavy atom. The molecule has 20 heavy (non-hydrogen) atoms. The molecule has 0 heterocycles. The van der Waals surface area contributed by atoms with Gasteiger partial charge in [-0.25, -0.2) is 13.2 Å². The quantitative estimate of drug-likeness (QED) is 0.839. The molecule has 2 aromatic carbocycles. The maximum absolute atomic E-state index is 13.5. The monoisotopic (exact) mass is 280 g/mol. The predicted molar refractivity (Wildman–Crippen MR) is 74.1 cm³/mol. The van der Waals surface area contributed by atoms with Crippen LogP contribution < -0.4 is 11.1 Å². The van der Waals surface area contributed by atoms with Crippen molar-refractivity contribution in [3.63, 3.8) is 0 Å². The summed E-state index contributed by atoms with van der Waals surface area (Å²) in [6.07, 6.45) is 0.537. The maximum Gasteiger partial charge on any atom is 0.151 e. The lowest BCUT2D eigenvalue weighted by Gasteiger charge is -2.11. The zero-order valence-electron chi connectivity index (χ0n) is 11.0. The first-order chi connectivity index (χ1) is 9.47. The minimum atomic E-state index is -0.724. The van der Waals surface area contributed by atoms with E-state index in [0.29, 0.717) is 13.0 Å². The van der Waals surface area contributed by atoms with E-state index in [1.54, 1.807) is 13.0 Å². The minimum absolute atomic E-state index is 0.0416. The average Bonchev–Trinajstić information content (AvgIpc) is 2.34. The van der Waals surface area contributed by atoms with Crippen molar-refractivity contribution in [2.45, 2.75) is 13.3 Å². The van der Waals surface area contributed by atoms with Crippen molar-refractivity contribution < 1.29 is 13.2 Å². The number of anilines is 2. The standard InChI is InChI=1S/C15H15F3N2/c1-9-6-11(16)3-2-10(9)4-5-20-15-13(17)7-12(19)8-14(15)18/h2-3,6-8,20H,4-5,19H2,1H3. The van der Waals surface area contributed by atoms with Crippen molar-refractivity contribution in [3.8, 4) is 0 Å². The third-order valence-electron chi connectivity index (χ3n) is 3.07. The molecule has 0 saturated carbocycles. The second-order valence-electron chi connectivity index (χ2n) is 4.61. The van der Waals surface area contributed by atoms with Gasteiger partial charge in [-0.15, -0.1) is 0 Å². The summed E-state index contributed by atoms with van der Waals surface area (Å²) in [5.41, 5.74) is 6.92. The zero-order chi connectivity index (χ0) is 14.7. The number of hydrogen-bond acceptors (Lipinski definition) is 2. The molecule has 0 bridgehead atoms. The Morgan fingerprint density at radius 1 is 1.05 bits per heavy atom. The number of nitrogens with two attached hydrogens (primary N) is 1. The van der Waals surface area contributed by atoms with Crippen molar-refractivity contribution in [1.29, 1.82) is 0 Å². The minimum Gasteiger partial charge on any atom is -0.399 e. The van der Waals surface area contributed by atoms with Crippen LogP contribution in [0.4, 0.5) is 24.5 Å². The molecule has 0 unspecified atom stereocenters. The summed E-state index contributed by atoms with van der Waals surface area (Å²) in [4.78, 5) is 0. The van der Waals surface area contributed by atoms with E-state index in [1.807, 2.05) is 0 Å². The Bertz CT molecular complexity index is 604. The lowest BCUT2D eigenvalue weighted by Crippen LogP contribution is -2.09. The molecular formula is C15H15F3N2. The van der Waals surface area contributed by atoms with Gasteiger partial charge in [0.05, 0.1) is 0 Å². The number of benzene rings is 2. The van der Waals surface area contributed by atoms with Crippen LogP contribution >= 0.6 is 0 Å². The van der Waals surface area contributed by atoms with E-state index in [1.165, 1.54) is 12.1 Å². The number of nitrogens with one attached hydrogen (secondary N) is 1. The van der Waals surface area contributed by atoms with Gasteiger partial charge in [-0.2, -0.15) is 0 Å². The molecule has 3 N–H and O–H groups in total.